The zero-order chi connectivity index (χ0) is 20.8. The number of benzene rings is 1. The van der Waals surface area contributed by atoms with Crippen molar-refractivity contribution in [1.29, 1.82) is 0 Å². The second kappa shape index (κ2) is 6.81. The summed E-state index contributed by atoms with van der Waals surface area (Å²) in [5.74, 6) is 0.222. The van der Waals surface area contributed by atoms with Crippen LogP contribution in [-0.4, -0.2) is 35.1 Å². The highest BCUT2D eigenvalue weighted by molar-refractivity contribution is 5.96. The van der Waals surface area contributed by atoms with Gasteiger partial charge in [-0.2, -0.15) is 5.10 Å². The van der Waals surface area contributed by atoms with Gasteiger partial charge in [0.1, 0.15) is 22.7 Å². The Kier molecular flexibility index (Phi) is 3.82. The van der Waals surface area contributed by atoms with Gasteiger partial charge in [-0.15, -0.1) is 0 Å². The van der Waals surface area contributed by atoms with Crippen LogP contribution in [0.25, 0.3) is 56.0 Å². The Morgan fingerprint density at radius 3 is 2.65 bits per heavy atom. The van der Waals surface area contributed by atoms with E-state index in [0.717, 1.165) is 27.7 Å². The van der Waals surface area contributed by atoms with E-state index in [2.05, 4.69) is 30.1 Å². The number of rotatable bonds is 3. The SMILES string of the molecule is Fc1ccccc1-c1nccc2[nH]c(-c3n[nH]c4cnc(-c5cccnc5)cc34)nc12. The fourth-order valence-corrected chi connectivity index (χ4v) is 3.67. The summed E-state index contributed by atoms with van der Waals surface area (Å²) in [6.45, 7) is 0. The number of imidazole rings is 1. The van der Waals surface area contributed by atoms with Gasteiger partial charge in [0.05, 0.1) is 22.9 Å². The normalized spacial score (nSPS) is 11.4. The van der Waals surface area contributed by atoms with Crippen LogP contribution in [-0.2, 0) is 0 Å². The minimum absolute atomic E-state index is 0.343. The van der Waals surface area contributed by atoms with Crippen LogP contribution < -0.4 is 0 Å². The number of H-pyrrole nitrogens is 2. The second-order valence-electron chi connectivity index (χ2n) is 7.05. The molecule has 5 heterocycles. The number of fused-ring (bicyclic) bond motifs is 2. The van der Waals surface area contributed by atoms with E-state index in [1.807, 2.05) is 24.3 Å². The fraction of sp³-hybridized carbons (Fsp3) is 0. The summed E-state index contributed by atoms with van der Waals surface area (Å²) in [7, 11) is 0. The average molecular weight is 407 g/mol. The van der Waals surface area contributed by atoms with Gasteiger partial charge in [0.25, 0.3) is 0 Å². The molecule has 0 saturated heterocycles. The molecule has 6 aromatic rings. The Morgan fingerprint density at radius 2 is 1.77 bits per heavy atom. The predicted molar refractivity (Wildman–Crippen MR) is 115 cm³/mol. The molecule has 0 unspecified atom stereocenters. The van der Waals surface area contributed by atoms with E-state index >= 15 is 0 Å². The van der Waals surface area contributed by atoms with Crippen molar-refractivity contribution in [1.82, 2.24) is 35.1 Å². The largest absolute Gasteiger partial charge is 0.336 e. The summed E-state index contributed by atoms with van der Waals surface area (Å²) in [5, 5.41) is 8.32. The molecule has 0 aliphatic rings. The maximum Gasteiger partial charge on any atom is 0.159 e. The lowest BCUT2D eigenvalue weighted by molar-refractivity contribution is 0.631. The van der Waals surface area contributed by atoms with Gasteiger partial charge >= 0.3 is 0 Å². The lowest BCUT2D eigenvalue weighted by Crippen LogP contribution is -1.89. The number of aromatic nitrogens is 7. The van der Waals surface area contributed by atoms with Gasteiger partial charge in [0, 0.05) is 35.1 Å². The van der Waals surface area contributed by atoms with Gasteiger partial charge in [-0.1, -0.05) is 12.1 Å². The van der Waals surface area contributed by atoms with Crippen LogP contribution in [0, 0.1) is 5.82 Å². The highest BCUT2D eigenvalue weighted by Gasteiger charge is 2.17. The van der Waals surface area contributed by atoms with Gasteiger partial charge in [0.15, 0.2) is 5.82 Å². The topological polar surface area (TPSA) is 96.0 Å². The van der Waals surface area contributed by atoms with Crippen LogP contribution in [0.1, 0.15) is 0 Å². The summed E-state index contributed by atoms with van der Waals surface area (Å²) in [6.07, 6.45) is 6.87. The second-order valence-corrected chi connectivity index (χ2v) is 7.05. The Balaban J connectivity index is 1.53. The van der Waals surface area contributed by atoms with E-state index in [-0.39, 0.29) is 5.82 Å². The molecular weight excluding hydrogens is 393 g/mol. The molecule has 31 heavy (non-hydrogen) atoms. The molecule has 0 aliphatic heterocycles. The molecule has 0 radical (unpaired) electrons. The Hall–Kier alpha value is -4.46. The lowest BCUT2D eigenvalue weighted by Gasteiger charge is -2.02. The number of nitrogens with zero attached hydrogens (tertiary/aromatic N) is 5. The van der Waals surface area contributed by atoms with Crippen molar-refractivity contribution in [3.05, 3.63) is 79.1 Å². The zero-order valence-corrected chi connectivity index (χ0v) is 16.0. The third kappa shape index (κ3) is 2.84. The van der Waals surface area contributed by atoms with Gasteiger partial charge in [-0.05, 0) is 36.4 Å². The van der Waals surface area contributed by atoms with E-state index in [1.165, 1.54) is 6.07 Å². The van der Waals surface area contributed by atoms with Gasteiger partial charge < -0.3 is 4.98 Å². The average Bonchev–Trinajstić information content (AvgIpc) is 3.43. The molecular formula is C23H14FN7. The van der Waals surface area contributed by atoms with Gasteiger partial charge in [0.2, 0.25) is 0 Å². The van der Waals surface area contributed by atoms with E-state index < -0.39 is 0 Å². The van der Waals surface area contributed by atoms with E-state index in [0.29, 0.717) is 28.3 Å². The first-order chi connectivity index (χ1) is 15.3. The van der Waals surface area contributed by atoms with E-state index in [1.54, 1.807) is 43.0 Å². The van der Waals surface area contributed by atoms with Crippen LogP contribution in [0.5, 0.6) is 0 Å². The first kappa shape index (κ1) is 17.4. The smallest absolute Gasteiger partial charge is 0.159 e. The number of hydrogen-bond donors (Lipinski definition) is 2. The van der Waals surface area contributed by atoms with Crippen molar-refractivity contribution in [3.63, 3.8) is 0 Å². The number of pyridine rings is 3. The van der Waals surface area contributed by atoms with E-state index in [9.17, 15) is 4.39 Å². The minimum atomic E-state index is -0.343. The quantitative estimate of drug-likeness (QED) is 0.441. The zero-order valence-electron chi connectivity index (χ0n) is 16.0. The molecule has 6 rings (SSSR count). The molecule has 5 aromatic heterocycles. The van der Waals surface area contributed by atoms with Gasteiger partial charge in [-0.25, -0.2) is 9.37 Å². The summed E-state index contributed by atoms with van der Waals surface area (Å²) >= 11 is 0. The van der Waals surface area contributed by atoms with Crippen molar-refractivity contribution in [3.8, 4) is 34.0 Å². The third-order valence-corrected chi connectivity index (χ3v) is 5.16. The lowest BCUT2D eigenvalue weighted by atomic mass is 10.1. The Morgan fingerprint density at radius 1 is 0.839 bits per heavy atom. The molecule has 1 aromatic carbocycles. The molecule has 8 heteroatoms. The molecule has 0 spiro atoms. The van der Waals surface area contributed by atoms with Crippen LogP contribution in [0.4, 0.5) is 4.39 Å². The number of nitrogens with one attached hydrogen (secondary N) is 2. The third-order valence-electron chi connectivity index (χ3n) is 5.16. The molecule has 0 fully saturated rings. The summed E-state index contributed by atoms with van der Waals surface area (Å²) in [5.41, 5.74) is 5.35. The van der Waals surface area contributed by atoms with Crippen LogP contribution >= 0.6 is 0 Å². The molecule has 0 saturated carbocycles. The Labute approximate surface area is 175 Å². The molecule has 0 amide bonds. The minimum Gasteiger partial charge on any atom is -0.336 e. The number of halogens is 1. The molecule has 0 bridgehead atoms. The molecule has 7 nitrogen and oxygen atoms in total. The maximum atomic E-state index is 14.4. The van der Waals surface area contributed by atoms with Crippen molar-refractivity contribution >= 4 is 21.9 Å². The number of hydrogen-bond acceptors (Lipinski definition) is 5. The van der Waals surface area contributed by atoms with Crippen molar-refractivity contribution in [2.24, 2.45) is 0 Å². The summed E-state index contributed by atoms with van der Waals surface area (Å²) in [4.78, 5) is 21.1. The molecule has 0 aliphatic carbocycles. The van der Waals surface area contributed by atoms with Gasteiger partial charge in [-0.3, -0.25) is 20.1 Å². The first-order valence-electron chi connectivity index (χ1n) is 9.62. The standard InChI is InChI=1S/C23H14FN7/c24-16-6-2-1-5-14(16)20-22-17(7-9-26-20)28-23(29-22)21-15-10-18(13-4-3-8-25-11-13)27-12-19(15)30-31-21/h1-12H,(H,28,29)(H,30,31). The summed E-state index contributed by atoms with van der Waals surface area (Å²) in [6, 6.07) is 14.1. The summed E-state index contributed by atoms with van der Waals surface area (Å²) < 4.78 is 14.4. The monoisotopic (exact) mass is 407 g/mol. The van der Waals surface area contributed by atoms with Crippen LogP contribution in [0.15, 0.2) is 73.3 Å². The van der Waals surface area contributed by atoms with E-state index in [4.69, 9.17) is 4.98 Å². The molecule has 148 valence electrons. The molecule has 0 atom stereocenters. The fourth-order valence-electron chi connectivity index (χ4n) is 3.67. The highest BCUT2D eigenvalue weighted by Crippen LogP contribution is 2.32. The highest BCUT2D eigenvalue weighted by atomic mass is 19.1. The maximum absolute atomic E-state index is 14.4. The van der Waals surface area contributed by atoms with Crippen molar-refractivity contribution in [2.75, 3.05) is 0 Å². The Bertz CT molecular complexity index is 1550. The first-order valence-corrected chi connectivity index (χ1v) is 9.62. The van der Waals surface area contributed by atoms with Crippen LogP contribution in [0.3, 0.4) is 0 Å². The van der Waals surface area contributed by atoms with Crippen LogP contribution in [0.2, 0.25) is 0 Å². The number of aromatic amines is 2. The predicted octanol–water partition coefficient (Wildman–Crippen LogP) is 4.76. The van der Waals surface area contributed by atoms with Crippen molar-refractivity contribution in [2.45, 2.75) is 0 Å². The van der Waals surface area contributed by atoms with Crippen molar-refractivity contribution < 1.29 is 4.39 Å². The molecule has 2 N–H and O–H groups in total.